The molecule has 0 amide bonds. The first-order valence-electron chi connectivity index (χ1n) is 5.40. The van der Waals surface area contributed by atoms with E-state index in [2.05, 4.69) is 15.5 Å². The van der Waals surface area contributed by atoms with Gasteiger partial charge in [-0.15, -0.1) is 10.2 Å². The fraction of sp³-hybridized carbons (Fsp3) is 0.600. The lowest BCUT2D eigenvalue weighted by atomic mass is 10.2. The van der Waals surface area contributed by atoms with Crippen LogP contribution in [-0.4, -0.2) is 22.3 Å². The molecule has 7 heteroatoms. The predicted octanol–water partition coefficient (Wildman–Crippen LogP) is 1.79. The average molecular weight is 246 g/mol. The zero-order valence-corrected chi connectivity index (χ0v) is 9.04. The lowest BCUT2D eigenvalue weighted by molar-refractivity contribution is -0.141. The zero-order valence-electron chi connectivity index (χ0n) is 9.04. The van der Waals surface area contributed by atoms with E-state index in [9.17, 15) is 13.2 Å². The molecule has 1 aromatic rings. The molecule has 94 valence electrons. The number of halogens is 3. The van der Waals surface area contributed by atoms with Crippen LogP contribution in [0.1, 0.15) is 25.0 Å². The van der Waals surface area contributed by atoms with Crippen LogP contribution >= 0.6 is 0 Å². The first-order valence-corrected chi connectivity index (χ1v) is 5.40. The first-order chi connectivity index (χ1) is 7.97. The lowest BCUT2D eigenvalue weighted by Crippen LogP contribution is -2.35. The van der Waals surface area contributed by atoms with Crippen LogP contribution in [0.4, 0.5) is 19.0 Å². The predicted molar refractivity (Wildman–Crippen MR) is 56.3 cm³/mol. The molecule has 2 atom stereocenters. The molecular weight excluding hydrogens is 233 g/mol. The molecular formula is C10H13F3N4. The third-order valence-electron chi connectivity index (χ3n) is 2.86. The highest BCUT2D eigenvalue weighted by molar-refractivity contribution is 5.35. The number of nitrogens with zero attached hydrogens (tertiary/aromatic N) is 2. The van der Waals surface area contributed by atoms with Gasteiger partial charge >= 0.3 is 6.18 Å². The summed E-state index contributed by atoms with van der Waals surface area (Å²) >= 11 is 0. The Hall–Kier alpha value is -1.37. The van der Waals surface area contributed by atoms with Gasteiger partial charge in [0.2, 0.25) is 0 Å². The van der Waals surface area contributed by atoms with Crippen molar-refractivity contribution in [2.24, 2.45) is 5.73 Å². The van der Waals surface area contributed by atoms with Crippen LogP contribution in [0.15, 0.2) is 12.1 Å². The normalized spacial score (nSPS) is 24.9. The van der Waals surface area contributed by atoms with E-state index in [4.69, 9.17) is 5.73 Å². The Bertz CT molecular complexity index is 376. The number of hydrogen-bond donors (Lipinski definition) is 2. The zero-order chi connectivity index (χ0) is 12.5. The van der Waals surface area contributed by atoms with Crippen LogP contribution in [0.25, 0.3) is 0 Å². The van der Waals surface area contributed by atoms with Gasteiger partial charge in [0.1, 0.15) is 5.82 Å². The van der Waals surface area contributed by atoms with Gasteiger partial charge in [0, 0.05) is 12.1 Å². The molecule has 0 radical (unpaired) electrons. The van der Waals surface area contributed by atoms with Crippen molar-refractivity contribution < 1.29 is 13.2 Å². The molecule has 1 aromatic heterocycles. The molecule has 0 aromatic carbocycles. The van der Waals surface area contributed by atoms with Gasteiger partial charge in [-0.05, 0) is 31.4 Å². The largest absolute Gasteiger partial charge is 0.435 e. The number of aromatic nitrogens is 2. The average Bonchev–Trinajstić information content (AvgIpc) is 2.64. The van der Waals surface area contributed by atoms with Gasteiger partial charge in [0.25, 0.3) is 0 Å². The minimum absolute atomic E-state index is 0.0269. The molecule has 0 bridgehead atoms. The molecule has 0 aliphatic heterocycles. The van der Waals surface area contributed by atoms with Crippen molar-refractivity contribution in [2.45, 2.75) is 37.5 Å². The summed E-state index contributed by atoms with van der Waals surface area (Å²) in [6.07, 6.45) is -1.60. The molecule has 3 N–H and O–H groups in total. The maximum atomic E-state index is 12.2. The molecule has 2 rings (SSSR count). The van der Waals surface area contributed by atoms with Crippen LogP contribution in [0.5, 0.6) is 0 Å². The second-order valence-corrected chi connectivity index (χ2v) is 4.15. The highest BCUT2D eigenvalue weighted by atomic mass is 19.4. The SMILES string of the molecule is NC1CCCC1Nc1ccc(C(F)(F)F)nn1. The van der Waals surface area contributed by atoms with Gasteiger partial charge in [-0.3, -0.25) is 0 Å². The van der Waals surface area contributed by atoms with Crippen LogP contribution in [0.2, 0.25) is 0 Å². The summed E-state index contributed by atoms with van der Waals surface area (Å²) in [6, 6.07) is 2.29. The third-order valence-corrected chi connectivity index (χ3v) is 2.86. The summed E-state index contributed by atoms with van der Waals surface area (Å²) in [5.41, 5.74) is 4.85. The summed E-state index contributed by atoms with van der Waals surface area (Å²) in [4.78, 5) is 0. The Morgan fingerprint density at radius 2 is 2.00 bits per heavy atom. The standard InChI is InChI=1S/C10H13F3N4/c11-10(12,13)8-4-5-9(17-16-8)15-7-3-1-2-6(7)14/h4-7H,1-3,14H2,(H,15,17). The van der Waals surface area contributed by atoms with Crippen LogP contribution in [-0.2, 0) is 6.18 Å². The van der Waals surface area contributed by atoms with E-state index < -0.39 is 11.9 Å². The fourth-order valence-electron chi connectivity index (χ4n) is 1.92. The van der Waals surface area contributed by atoms with Gasteiger partial charge < -0.3 is 11.1 Å². The number of alkyl halides is 3. The molecule has 1 saturated carbocycles. The number of rotatable bonds is 2. The quantitative estimate of drug-likeness (QED) is 0.835. The van der Waals surface area contributed by atoms with E-state index in [-0.39, 0.29) is 12.1 Å². The van der Waals surface area contributed by atoms with Crippen molar-refractivity contribution in [3.63, 3.8) is 0 Å². The van der Waals surface area contributed by atoms with E-state index >= 15 is 0 Å². The second-order valence-electron chi connectivity index (χ2n) is 4.15. The molecule has 1 heterocycles. The summed E-state index contributed by atoms with van der Waals surface area (Å²) in [6.45, 7) is 0. The Morgan fingerprint density at radius 1 is 1.24 bits per heavy atom. The fourth-order valence-corrected chi connectivity index (χ4v) is 1.92. The summed E-state index contributed by atoms with van der Waals surface area (Å²) < 4.78 is 36.7. The van der Waals surface area contributed by atoms with Crippen molar-refractivity contribution in [3.8, 4) is 0 Å². The van der Waals surface area contributed by atoms with Crippen molar-refractivity contribution in [1.29, 1.82) is 0 Å². The van der Waals surface area contributed by atoms with Crippen molar-refractivity contribution in [3.05, 3.63) is 17.8 Å². The highest BCUT2D eigenvalue weighted by Crippen LogP contribution is 2.27. The van der Waals surface area contributed by atoms with Crippen molar-refractivity contribution in [1.82, 2.24) is 10.2 Å². The Morgan fingerprint density at radius 3 is 2.47 bits per heavy atom. The maximum Gasteiger partial charge on any atom is 0.435 e. The minimum atomic E-state index is -4.45. The molecule has 1 aliphatic carbocycles. The van der Waals surface area contributed by atoms with E-state index in [1.165, 1.54) is 6.07 Å². The number of anilines is 1. The first kappa shape index (κ1) is 12.1. The van der Waals surface area contributed by atoms with Gasteiger partial charge in [-0.25, -0.2) is 0 Å². The van der Waals surface area contributed by atoms with Crippen LogP contribution in [0.3, 0.4) is 0 Å². The summed E-state index contributed by atoms with van der Waals surface area (Å²) in [7, 11) is 0. The van der Waals surface area contributed by atoms with E-state index in [0.717, 1.165) is 25.3 Å². The molecule has 0 spiro atoms. The minimum Gasteiger partial charge on any atom is -0.364 e. The highest BCUT2D eigenvalue weighted by Gasteiger charge is 2.33. The monoisotopic (exact) mass is 246 g/mol. The molecule has 0 saturated heterocycles. The Balaban J connectivity index is 2.03. The molecule has 1 fully saturated rings. The van der Waals surface area contributed by atoms with Crippen molar-refractivity contribution >= 4 is 5.82 Å². The number of hydrogen-bond acceptors (Lipinski definition) is 4. The van der Waals surface area contributed by atoms with Gasteiger partial charge in [-0.1, -0.05) is 0 Å². The van der Waals surface area contributed by atoms with E-state index in [0.29, 0.717) is 5.82 Å². The molecule has 2 unspecified atom stereocenters. The van der Waals surface area contributed by atoms with E-state index in [1.807, 2.05) is 0 Å². The topological polar surface area (TPSA) is 63.8 Å². The lowest BCUT2D eigenvalue weighted by Gasteiger charge is -2.17. The maximum absolute atomic E-state index is 12.2. The van der Waals surface area contributed by atoms with Gasteiger partial charge in [0.05, 0.1) is 0 Å². The van der Waals surface area contributed by atoms with Gasteiger partial charge in [0.15, 0.2) is 5.69 Å². The smallest absolute Gasteiger partial charge is 0.364 e. The second kappa shape index (κ2) is 4.48. The van der Waals surface area contributed by atoms with Crippen LogP contribution < -0.4 is 11.1 Å². The number of nitrogens with one attached hydrogen (secondary N) is 1. The Kier molecular flexibility index (Phi) is 3.19. The molecule has 1 aliphatic rings. The van der Waals surface area contributed by atoms with Crippen molar-refractivity contribution in [2.75, 3.05) is 5.32 Å². The molecule has 17 heavy (non-hydrogen) atoms. The Labute approximate surface area is 96.4 Å². The molecule has 4 nitrogen and oxygen atoms in total. The van der Waals surface area contributed by atoms with E-state index in [1.54, 1.807) is 0 Å². The summed E-state index contributed by atoms with van der Waals surface area (Å²) in [5, 5.41) is 9.65. The summed E-state index contributed by atoms with van der Waals surface area (Å²) in [5.74, 6) is 0.334. The number of nitrogens with two attached hydrogens (primary N) is 1. The van der Waals surface area contributed by atoms with Crippen LogP contribution in [0, 0.1) is 0 Å². The third kappa shape index (κ3) is 2.85. The van der Waals surface area contributed by atoms with Gasteiger partial charge in [-0.2, -0.15) is 13.2 Å².